The van der Waals surface area contributed by atoms with Crippen LogP contribution in [0.15, 0.2) is 84.9 Å². The highest BCUT2D eigenvalue weighted by atomic mass is 16.5. The normalized spacial score (nSPS) is 10.8. The van der Waals surface area contributed by atoms with Crippen LogP contribution in [0.5, 0.6) is 23.0 Å². The van der Waals surface area contributed by atoms with Crippen LogP contribution in [0, 0.1) is 6.92 Å². The fourth-order valence-electron chi connectivity index (χ4n) is 5.47. The first kappa shape index (κ1) is 26.8. The molecule has 0 aliphatic heterocycles. The number of hydrogen-bond acceptors (Lipinski definition) is 4. The van der Waals surface area contributed by atoms with E-state index in [9.17, 15) is 0 Å². The van der Waals surface area contributed by atoms with Crippen LogP contribution < -0.4 is 18.9 Å². The molecule has 0 saturated carbocycles. The van der Waals surface area contributed by atoms with Gasteiger partial charge in [-0.05, 0) is 58.8 Å². The van der Waals surface area contributed by atoms with E-state index in [0.717, 1.165) is 49.8 Å². The van der Waals surface area contributed by atoms with Gasteiger partial charge in [0.2, 0.25) is 5.69 Å². The summed E-state index contributed by atoms with van der Waals surface area (Å²) < 4.78 is 24.8. The molecule has 0 heterocycles. The smallest absolute Gasteiger partial charge is 0.220 e. The summed E-state index contributed by atoms with van der Waals surface area (Å²) in [5.41, 5.74) is 8.47. The molecule has 0 radical (unpaired) electrons. The molecule has 5 rings (SSSR count). The SMILES string of the molecule is C=[N+](C)c1c(-c2c(-c3ccc(-c4ccccc4)cc3)cc(OC)c(OC)c2C)ccc2cc(OC)c(OC)cc12. The number of methoxy groups -OCH3 is 4. The van der Waals surface area contributed by atoms with Gasteiger partial charge in [0, 0.05) is 11.1 Å². The topological polar surface area (TPSA) is 39.9 Å². The summed E-state index contributed by atoms with van der Waals surface area (Å²) in [6.07, 6.45) is 0. The van der Waals surface area contributed by atoms with Gasteiger partial charge in [-0.3, -0.25) is 0 Å². The van der Waals surface area contributed by atoms with E-state index < -0.39 is 0 Å². The molecule has 202 valence electrons. The van der Waals surface area contributed by atoms with Gasteiger partial charge in [0.1, 0.15) is 13.8 Å². The average Bonchev–Trinajstić information content (AvgIpc) is 2.99. The minimum Gasteiger partial charge on any atom is -0.493 e. The van der Waals surface area contributed by atoms with Crippen molar-refractivity contribution in [2.45, 2.75) is 6.92 Å². The van der Waals surface area contributed by atoms with Crippen LogP contribution in [0.1, 0.15) is 5.56 Å². The second-order valence-electron chi connectivity index (χ2n) is 9.69. The third-order valence-corrected chi connectivity index (χ3v) is 7.36. The van der Waals surface area contributed by atoms with Crippen LogP contribution in [0.4, 0.5) is 5.69 Å². The summed E-state index contributed by atoms with van der Waals surface area (Å²) in [7, 11) is 8.60. The maximum absolute atomic E-state index is 5.86. The highest BCUT2D eigenvalue weighted by molar-refractivity contribution is 6.03. The Bertz CT molecular complexity index is 1710. The van der Waals surface area contributed by atoms with Crippen LogP contribution in [-0.4, -0.2) is 46.8 Å². The van der Waals surface area contributed by atoms with Crippen LogP contribution in [0.25, 0.3) is 44.2 Å². The number of hydrogen-bond donors (Lipinski definition) is 0. The van der Waals surface area contributed by atoms with E-state index in [-0.39, 0.29) is 0 Å². The minimum atomic E-state index is 0.663. The van der Waals surface area contributed by atoms with Crippen molar-refractivity contribution in [2.75, 3.05) is 35.5 Å². The lowest BCUT2D eigenvalue weighted by Crippen LogP contribution is -2.02. The van der Waals surface area contributed by atoms with E-state index in [1.807, 2.05) is 29.8 Å². The molecule has 0 saturated heterocycles. The summed E-state index contributed by atoms with van der Waals surface area (Å²) in [6, 6.07) is 29.3. The average molecular weight is 533 g/mol. The van der Waals surface area contributed by atoms with E-state index in [1.165, 1.54) is 5.56 Å². The number of fused-ring (bicyclic) bond motifs is 1. The third kappa shape index (κ3) is 4.64. The van der Waals surface area contributed by atoms with Gasteiger partial charge < -0.3 is 18.9 Å². The van der Waals surface area contributed by atoms with Gasteiger partial charge in [-0.1, -0.05) is 60.7 Å². The van der Waals surface area contributed by atoms with Crippen molar-refractivity contribution in [1.82, 2.24) is 0 Å². The van der Waals surface area contributed by atoms with E-state index >= 15 is 0 Å². The maximum atomic E-state index is 5.86. The van der Waals surface area contributed by atoms with Crippen molar-refractivity contribution in [2.24, 2.45) is 0 Å². The fourth-order valence-corrected chi connectivity index (χ4v) is 5.47. The number of nitrogens with zero attached hydrogens (tertiary/aromatic N) is 1. The molecule has 0 aliphatic carbocycles. The molecular weight excluding hydrogens is 498 g/mol. The van der Waals surface area contributed by atoms with Crippen molar-refractivity contribution >= 4 is 23.2 Å². The molecule has 5 aromatic carbocycles. The zero-order valence-corrected chi connectivity index (χ0v) is 23.9. The molecule has 0 unspecified atom stereocenters. The fraction of sp³-hybridized carbons (Fsp3) is 0.171. The van der Waals surface area contributed by atoms with Crippen LogP contribution in [0.3, 0.4) is 0 Å². The number of ether oxygens (including phenoxy) is 4. The molecule has 0 bridgehead atoms. The van der Waals surface area contributed by atoms with Crippen molar-refractivity contribution in [3.63, 3.8) is 0 Å². The Kier molecular flexibility index (Phi) is 7.47. The summed E-state index contributed by atoms with van der Waals surface area (Å²) in [4.78, 5) is 0. The third-order valence-electron chi connectivity index (χ3n) is 7.36. The molecule has 0 aromatic heterocycles. The van der Waals surface area contributed by atoms with Crippen molar-refractivity contribution in [1.29, 1.82) is 0 Å². The van der Waals surface area contributed by atoms with Crippen molar-refractivity contribution < 1.29 is 23.5 Å². The lowest BCUT2D eigenvalue weighted by Gasteiger charge is -2.21. The second kappa shape index (κ2) is 11.1. The Morgan fingerprint density at radius 1 is 0.600 bits per heavy atom. The Labute approximate surface area is 235 Å². The van der Waals surface area contributed by atoms with Crippen molar-refractivity contribution in [3.05, 3.63) is 90.5 Å². The summed E-state index contributed by atoms with van der Waals surface area (Å²) in [5.74, 6) is 2.73. The van der Waals surface area contributed by atoms with Gasteiger partial charge in [-0.25, -0.2) is 4.58 Å². The molecule has 0 amide bonds. The molecule has 0 N–H and O–H groups in total. The molecular formula is C35H34NO4+. The molecule has 0 atom stereocenters. The summed E-state index contributed by atoms with van der Waals surface area (Å²) in [6.45, 7) is 6.38. The minimum absolute atomic E-state index is 0.663. The molecule has 0 aliphatic rings. The van der Waals surface area contributed by atoms with Crippen molar-refractivity contribution in [3.8, 4) is 56.4 Å². The highest BCUT2D eigenvalue weighted by Crippen LogP contribution is 2.49. The zero-order chi connectivity index (χ0) is 28.4. The number of rotatable bonds is 8. The number of benzene rings is 5. The molecule has 0 fully saturated rings. The largest absolute Gasteiger partial charge is 0.493 e. The first-order chi connectivity index (χ1) is 19.4. The summed E-state index contributed by atoms with van der Waals surface area (Å²) >= 11 is 0. The van der Waals surface area contributed by atoms with Crippen LogP contribution in [-0.2, 0) is 0 Å². The lowest BCUT2D eigenvalue weighted by atomic mass is 9.87. The van der Waals surface area contributed by atoms with E-state index in [2.05, 4.69) is 80.4 Å². The van der Waals surface area contributed by atoms with Crippen LogP contribution >= 0.6 is 0 Å². The highest BCUT2D eigenvalue weighted by Gasteiger charge is 2.26. The predicted molar refractivity (Wildman–Crippen MR) is 164 cm³/mol. The maximum Gasteiger partial charge on any atom is 0.220 e. The molecule has 5 heteroatoms. The molecule has 40 heavy (non-hydrogen) atoms. The predicted octanol–water partition coefficient (Wildman–Crippen LogP) is 8.16. The van der Waals surface area contributed by atoms with Gasteiger partial charge in [-0.2, -0.15) is 0 Å². The second-order valence-corrected chi connectivity index (χ2v) is 9.69. The van der Waals surface area contributed by atoms with E-state index in [4.69, 9.17) is 18.9 Å². The van der Waals surface area contributed by atoms with Gasteiger partial charge in [0.25, 0.3) is 0 Å². The van der Waals surface area contributed by atoms with Gasteiger partial charge >= 0.3 is 0 Å². The van der Waals surface area contributed by atoms with Crippen LogP contribution in [0.2, 0.25) is 0 Å². The monoisotopic (exact) mass is 532 g/mol. The summed E-state index contributed by atoms with van der Waals surface area (Å²) in [5, 5.41) is 2.03. The molecule has 0 spiro atoms. The first-order valence-electron chi connectivity index (χ1n) is 13.1. The van der Waals surface area contributed by atoms with E-state index in [1.54, 1.807) is 28.4 Å². The molecule has 5 aromatic rings. The molecule has 5 nitrogen and oxygen atoms in total. The first-order valence-corrected chi connectivity index (χ1v) is 13.1. The lowest BCUT2D eigenvalue weighted by molar-refractivity contribution is -0.392. The zero-order valence-electron chi connectivity index (χ0n) is 23.9. The van der Waals surface area contributed by atoms with Gasteiger partial charge in [-0.15, -0.1) is 0 Å². The quantitative estimate of drug-likeness (QED) is 0.149. The van der Waals surface area contributed by atoms with Gasteiger partial charge in [0.05, 0.1) is 39.4 Å². The Morgan fingerprint density at radius 2 is 1.20 bits per heavy atom. The van der Waals surface area contributed by atoms with E-state index in [0.29, 0.717) is 23.0 Å². The Balaban J connectivity index is 1.81. The standard InChI is InChI=1S/C35H34NO4/c1-22-33(27-18-17-26-19-30(37-4)31(38-5)21-29(26)34(27)36(2)3)28(20-32(39-6)35(22)40-7)25-15-13-24(14-16-25)23-11-9-8-10-12-23/h8-21H,2H2,1,3-7H3/q+1. The Hall–Kier alpha value is -4.77. The van der Waals surface area contributed by atoms with Gasteiger partial charge in [0.15, 0.2) is 23.0 Å². The Morgan fingerprint density at radius 3 is 1.80 bits per heavy atom.